The third kappa shape index (κ3) is 4.87. The number of nitrogens with zero attached hydrogens (tertiary/aromatic N) is 2. The van der Waals surface area contributed by atoms with Crippen molar-refractivity contribution in [1.82, 2.24) is 14.7 Å². The molecular weight excluding hydrogens is 436 g/mol. The van der Waals surface area contributed by atoms with Gasteiger partial charge in [-0.25, -0.2) is 13.4 Å². The molecule has 9 heteroatoms. The number of benzene rings is 2. The van der Waals surface area contributed by atoms with Crippen molar-refractivity contribution < 1.29 is 13.2 Å². The number of hydrogen-bond donors (Lipinski definition) is 2. The molecule has 2 N–H and O–H groups in total. The Labute approximate surface area is 184 Å². The molecule has 2 aromatic carbocycles. The first-order valence-electron chi connectivity index (χ1n) is 9.41. The van der Waals surface area contributed by atoms with Gasteiger partial charge in [-0.15, -0.1) is 0 Å². The van der Waals surface area contributed by atoms with Crippen LogP contribution >= 0.6 is 11.6 Å². The number of carbonyl (C=O) groups excluding carboxylic acids is 1. The largest absolute Gasteiger partial charge is 0.346 e. The minimum Gasteiger partial charge on any atom is -0.346 e. The quantitative estimate of drug-likeness (QED) is 0.460. The van der Waals surface area contributed by atoms with Gasteiger partial charge in [-0.3, -0.25) is 9.52 Å². The fraction of sp³-hybridized carbons (Fsp3) is 0.0909. The van der Waals surface area contributed by atoms with E-state index < -0.39 is 15.9 Å². The molecule has 1 amide bonds. The zero-order valence-corrected chi connectivity index (χ0v) is 18.1. The van der Waals surface area contributed by atoms with Crippen LogP contribution in [0.15, 0.2) is 78.0 Å². The highest BCUT2D eigenvalue weighted by atomic mass is 35.5. The van der Waals surface area contributed by atoms with E-state index in [0.29, 0.717) is 22.1 Å². The maximum atomic E-state index is 12.7. The Kier molecular flexibility index (Phi) is 5.67. The average molecular weight is 455 g/mol. The molecule has 0 aliphatic rings. The standard InChI is InChI=1S/C22H19ClN4O3S/c1-15-4-2-6-18(10-15)26-31(29,30)20-7-3-5-16(11-20)22(28)24-12-19-14-27-13-17(23)8-9-21(27)25-19/h2-11,13-14,26H,12H2,1H3,(H,24,28). The molecule has 0 spiro atoms. The fourth-order valence-corrected chi connectivity index (χ4v) is 4.37. The smallest absolute Gasteiger partial charge is 0.261 e. The van der Waals surface area contributed by atoms with Crippen LogP contribution in [0, 0.1) is 6.92 Å². The lowest BCUT2D eigenvalue weighted by Crippen LogP contribution is -2.23. The number of amides is 1. The van der Waals surface area contributed by atoms with Gasteiger partial charge in [0.05, 0.1) is 22.2 Å². The van der Waals surface area contributed by atoms with Gasteiger partial charge in [0.2, 0.25) is 0 Å². The van der Waals surface area contributed by atoms with E-state index in [2.05, 4.69) is 15.0 Å². The van der Waals surface area contributed by atoms with Crippen LogP contribution in [0.3, 0.4) is 0 Å². The summed E-state index contributed by atoms with van der Waals surface area (Å²) >= 11 is 5.97. The predicted octanol–water partition coefficient (Wildman–Crippen LogP) is 4.03. The molecule has 2 aromatic heterocycles. The number of sulfonamides is 1. The van der Waals surface area contributed by atoms with Crippen LogP contribution in [-0.2, 0) is 16.6 Å². The summed E-state index contributed by atoms with van der Waals surface area (Å²) in [4.78, 5) is 17.0. The summed E-state index contributed by atoms with van der Waals surface area (Å²) in [6.45, 7) is 2.07. The molecule has 0 aliphatic heterocycles. The van der Waals surface area contributed by atoms with E-state index in [1.165, 1.54) is 18.2 Å². The van der Waals surface area contributed by atoms with E-state index >= 15 is 0 Å². The molecule has 0 unspecified atom stereocenters. The number of imidazole rings is 1. The van der Waals surface area contributed by atoms with Crippen LogP contribution in [0.1, 0.15) is 21.6 Å². The zero-order chi connectivity index (χ0) is 22.0. The Morgan fingerprint density at radius 1 is 1.06 bits per heavy atom. The molecule has 2 heterocycles. The normalized spacial score (nSPS) is 11.4. The number of aryl methyl sites for hydroxylation is 1. The Hall–Kier alpha value is -3.36. The Balaban J connectivity index is 1.48. The summed E-state index contributed by atoms with van der Waals surface area (Å²) in [7, 11) is -3.83. The van der Waals surface area contributed by atoms with Crippen molar-refractivity contribution in [2.75, 3.05) is 4.72 Å². The minimum atomic E-state index is -3.83. The summed E-state index contributed by atoms with van der Waals surface area (Å²) in [5, 5.41) is 3.34. The van der Waals surface area contributed by atoms with Crippen molar-refractivity contribution in [2.24, 2.45) is 0 Å². The highest BCUT2D eigenvalue weighted by Crippen LogP contribution is 2.18. The number of anilines is 1. The predicted molar refractivity (Wildman–Crippen MR) is 120 cm³/mol. The Morgan fingerprint density at radius 3 is 2.68 bits per heavy atom. The number of halogens is 1. The summed E-state index contributed by atoms with van der Waals surface area (Å²) in [6.07, 6.45) is 3.50. The van der Waals surface area contributed by atoms with Crippen LogP contribution in [0.2, 0.25) is 5.02 Å². The third-order valence-corrected chi connectivity index (χ3v) is 6.17. The van der Waals surface area contributed by atoms with Gasteiger partial charge in [0.25, 0.3) is 15.9 Å². The summed E-state index contributed by atoms with van der Waals surface area (Å²) < 4.78 is 29.8. The van der Waals surface area contributed by atoms with Crippen LogP contribution in [0.5, 0.6) is 0 Å². The van der Waals surface area contributed by atoms with Crippen molar-refractivity contribution >= 4 is 38.9 Å². The number of pyridine rings is 1. The molecular formula is C22H19ClN4O3S. The lowest BCUT2D eigenvalue weighted by Gasteiger charge is -2.10. The molecule has 0 saturated heterocycles. The molecule has 0 saturated carbocycles. The molecule has 0 bridgehead atoms. The average Bonchev–Trinajstić information content (AvgIpc) is 3.14. The van der Waals surface area contributed by atoms with Crippen LogP contribution in [-0.4, -0.2) is 23.7 Å². The maximum Gasteiger partial charge on any atom is 0.261 e. The van der Waals surface area contributed by atoms with E-state index in [1.54, 1.807) is 53.2 Å². The summed E-state index contributed by atoms with van der Waals surface area (Å²) in [6, 6.07) is 16.4. The van der Waals surface area contributed by atoms with Crippen LogP contribution in [0.4, 0.5) is 5.69 Å². The number of aromatic nitrogens is 2. The summed E-state index contributed by atoms with van der Waals surface area (Å²) in [5.74, 6) is -0.400. The molecule has 7 nitrogen and oxygen atoms in total. The molecule has 4 aromatic rings. The number of carbonyl (C=O) groups is 1. The molecule has 4 rings (SSSR count). The van der Waals surface area contributed by atoms with Gasteiger partial charge in [-0.2, -0.15) is 0 Å². The van der Waals surface area contributed by atoms with Crippen LogP contribution < -0.4 is 10.0 Å². The number of rotatable bonds is 6. The number of hydrogen-bond acceptors (Lipinski definition) is 4. The third-order valence-electron chi connectivity index (χ3n) is 4.57. The van der Waals surface area contributed by atoms with Crippen molar-refractivity contribution in [3.8, 4) is 0 Å². The molecule has 158 valence electrons. The molecule has 0 atom stereocenters. The van der Waals surface area contributed by atoms with Crippen molar-refractivity contribution in [3.05, 3.63) is 94.9 Å². The van der Waals surface area contributed by atoms with Crippen molar-refractivity contribution in [3.63, 3.8) is 0 Å². The molecule has 0 aliphatic carbocycles. The van der Waals surface area contributed by atoms with Crippen molar-refractivity contribution in [2.45, 2.75) is 18.4 Å². The van der Waals surface area contributed by atoms with Gasteiger partial charge in [0.1, 0.15) is 5.65 Å². The number of nitrogens with one attached hydrogen (secondary N) is 2. The van der Waals surface area contributed by atoms with Gasteiger partial charge in [0, 0.05) is 23.6 Å². The second kappa shape index (κ2) is 8.41. The first kappa shape index (κ1) is 20.9. The maximum absolute atomic E-state index is 12.7. The minimum absolute atomic E-state index is 0.00373. The van der Waals surface area contributed by atoms with Crippen molar-refractivity contribution in [1.29, 1.82) is 0 Å². The fourth-order valence-electron chi connectivity index (χ4n) is 3.10. The van der Waals surface area contributed by atoms with Gasteiger partial charge >= 0.3 is 0 Å². The van der Waals surface area contributed by atoms with E-state index in [9.17, 15) is 13.2 Å². The highest BCUT2D eigenvalue weighted by Gasteiger charge is 2.17. The zero-order valence-electron chi connectivity index (χ0n) is 16.5. The monoisotopic (exact) mass is 454 g/mol. The SMILES string of the molecule is Cc1cccc(NS(=O)(=O)c2cccc(C(=O)NCc3cn4cc(Cl)ccc4n3)c2)c1. The van der Waals surface area contributed by atoms with Gasteiger partial charge in [-0.1, -0.05) is 29.8 Å². The second-order valence-electron chi connectivity index (χ2n) is 7.03. The lowest BCUT2D eigenvalue weighted by molar-refractivity contribution is 0.0950. The van der Waals surface area contributed by atoms with Crippen LogP contribution in [0.25, 0.3) is 5.65 Å². The first-order chi connectivity index (χ1) is 14.8. The van der Waals surface area contributed by atoms with E-state index in [4.69, 9.17) is 11.6 Å². The van der Waals surface area contributed by atoms with E-state index in [1.807, 2.05) is 13.0 Å². The molecule has 0 fully saturated rings. The van der Waals surface area contributed by atoms with Gasteiger partial charge in [-0.05, 0) is 55.0 Å². The Bertz CT molecular complexity index is 1380. The van der Waals surface area contributed by atoms with E-state index in [0.717, 1.165) is 5.56 Å². The summed E-state index contributed by atoms with van der Waals surface area (Å²) in [5.41, 5.74) is 2.99. The van der Waals surface area contributed by atoms with E-state index in [-0.39, 0.29) is 17.0 Å². The first-order valence-corrected chi connectivity index (χ1v) is 11.3. The second-order valence-corrected chi connectivity index (χ2v) is 9.15. The number of fused-ring (bicyclic) bond motifs is 1. The highest BCUT2D eigenvalue weighted by molar-refractivity contribution is 7.92. The molecule has 31 heavy (non-hydrogen) atoms. The lowest BCUT2D eigenvalue weighted by atomic mass is 10.2. The van der Waals surface area contributed by atoms with Gasteiger partial charge < -0.3 is 9.72 Å². The Morgan fingerprint density at radius 2 is 1.87 bits per heavy atom. The molecule has 0 radical (unpaired) electrons. The van der Waals surface area contributed by atoms with Gasteiger partial charge in [0.15, 0.2) is 0 Å². The topological polar surface area (TPSA) is 92.6 Å².